The maximum absolute atomic E-state index is 14.7. The van der Waals surface area contributed by atoms with Crippen LogP contribution in [0.5, 0.6) is 5.75 Å². The number of hydrogen-bond acceptors (Lipinski definition) is 7. The molecular weight excluding hydrogens is 598 g/mol. The third-order valence-electron chi connectivity index (χ3n) is 7.71. The molecule has 0 fully saturated rings. The molecule has 0 heterocycles. The zero-order valence-electron chi connectivity index (χ0n) is 29.3. The predicted octanol–water partition coefficient (Wildman–Crippen LogP) is 6.44. The van der Waals surface area contributed by atoms with Crippen LogP contribution >= 0.6 is 0 Å². The van der Waals surface area contributed by atoms with Crippen LogP contribution in [-0.2, 0) is 30.3 Å². The van der Waals surface area contributed by atoms with Crippen LogP contribution < -0.4 is 10.6 Å². The number of aromatic hydroxyl groups is 1. The first-order chi connectivity index (χ1) is 22.3. The van der Waals surface area contributed by atoms with Crippen molar-refractivity contribution in [3.8, 4) is 5.75 Å². The zero-order valence-corrected chi connectivity index (χ0v) is 29.3. The molecule has 0 aliphatic rings. The Labute approximate surface area is 280 Å². The predicted molar refractivity (Wildman–Crippen MR) is 183 cm³/mol. The van der Waals surface area contributed by atoms with Crippen LogP contribution in [0, 0.1) is 13.8 Å². The van der Waals surface area contributed by atoms with Crippen molar-refractivity contribution in [3.63, 3.8) is 0 Å². The quantitative estimate of drug-likeness (QED) is 0.124. The summed E-state index contributed by atoms with van der Waals surface area (Å²) in [5, 5.41) is 15.5. The number of nitrogens with one attached hydrogen (secondary N) is 2. The van der Waals surface area contributed by atoms with E-state index >= 15 is 0 Å². The van der Waals surface area contributed by atoms with Gasteiger partial charge < -0.3 is 30.1 Å². The molecule has 10 heteroatoms. The number of carbonyl (C=O) groups excluding carboxylic acids is 4. The number of phenolic OH excluding ortho intramolecular Hbond substituents is 1. The van der Waals surface area contributed by atoms with E-state index in [0.717, 1.165) is 43.2 Å². The summed E-state index contributed by atoms with van der Waals surface area (Å²) in [5.41, 5.74) is 2.28. The molecule has 2 aromatic rings. The number of phenols is 1. The van der Waals surface area contributed by atoms with E-state index in [0.29, 0.717) is 17.5 Å². The van der Waals surface area contributed by atoms with Crippen molar-refractivity contribution in [3.05, 3.63) is 64.7 Å². The van der Waals surface area contributed by atoms with Gasteiger partial charge in [0.2, 0.25) is 11.8 Å². The summed E-state index contributed by atoms with van der Waals surface area (Å²) in [6.07, 6.45) is 5.21. The molecule has 3 amide bonds. The first kappa shape index (κ1) is 39.1. The number of benzene rings is 2. The maximum atomic E-state index is 14.7. The third-order valence-corrected chi connectivity index (χ3v) is 7.71. The van der Waals surface area contributed by atoms with Crippen LogP contribution in [0.2, 0.25) is 0 Å². The lowest BCUT2D eigenvalue weighted by molar-refractivity contribution is -0.144. The highest BCUT2D eigenvalue weighted by Gasteiger charge is 2.37. The fraction of sp³-hybridized carbons (Fsp3) is 0.568. The van der Waals surface area contributed by atoms with Gasteiger partial charge in [-0.3, -0.25) is 14.4 Å². The van der Waals surface area contributed by atoms with Crippen LogP contribution in [0.4, 0.5) is 4.79 Å². The molecule has 0 bridgehead atoms. The normalized spacial score (nSPS) is 12.5. The second-order valence-electron chi connectivity index (χ2n) is 12.9. The molecule has 2 aromatic carbocycles. The molecule has 0 aliphatic carbocycles. The summed E-state index contributed by atoms with van der Waals surface area (Å²) >= 11 is 0. The highest BCUT2D eigenvalue weighted by Crippen LogP contribution is 2.30. The van der Waals surface area contributed by atoms with Gasteiger partial charge in [0.05, 0.1) is 13.0 Å². The van der Waals surface area contributed by atoms with Crippen LogP contribution in [0.1, 0.15) is 108 Å². The van der Waals surface area contributed by atoms with Crippen molar-refractivity contribution >= 4 is 23.9 Å². The molecule has 0 aliphatic heterocycles. The lowest BCUT2D eigenvalue weighted by Crippen LogP contribution is -2.54. The number of carbonyl (C=O) groups is 4. The van der Waals surface area contributed by atoms with Gasteiger partial charge in [0.25, 0.3) is 0 Å². The van der Waals surface area contributed by atoms with Crippen molar-refractivity contribution in [2.45, 2.75) is 118 Å². The summed E-state index contributed by atoms with van der Waals surface area (Å²) in [5.74, 6) is -1.21. The Balaban J connectivity index is 2.58. The van der Waals surface area contributed by atoms with Gasteiger partial charge in [-0.25, -0.2) is 4.79 Å². The average Bonchev–Trinajstić information content (AvgIpc) is 2.99. The topological polar surface area (TPSA) is 134 Å². The van der Waals surface area contributed by atoms with Gasteiger partial charge in [-0.2, -0.15) is 0 Å². The van der Waals surface area contributed by atoms with E-state index < -0.39 is 41.6 Å². The molecule has 2 rings (SSSR count). The van der Waals surface area contributed by atoms with Crippen molar-refractivity contribution in [1.82, 2.24) is 15.5 Å². The second kappa shape index (κ2) is 19.6. The summed E-state index contributed by atoms with van der Waals surface area (Å²) in [7, 11) is 0. The fourth-order valence-corrected chi connectivity index (χ4v) is 5.45. The van der Waals surface area contributed by atoms with Crippen molar-refractivity contribution in [1.29, 1.82) is 0 Å². The Bertz CT molecular complexity index is 1280. The highest BCUT2D eigenvalue weighted by atomic mass is 16.6. The molecule has 2 unspecified atom stereocenters. The SMILES string of the molecule is CCCCCCCCN(C(=O)C(Cc1ccc(O)cc1)NC(=O)OC(C)(C)C)C(C(=O)NCCC(=O)OCC)c1c(C)cccc1C. The molecule has 0 spiro atoms. The number of nitrogens with zero attached hydrogens (tertiary/aromatic N) is 1. The van der Waals surface area contributed by atoms with E-state index in [1.807, 2.05) is 32.0 Å². The Morgan fingerprint density at radius 2 is 1.51 bits per heavy atom. The van der Waals surface area contributed by atoms with Crippen LogP contribution in [0.15, 0.2) is 42.5 Å². The van der Waals surface area contributed by atoms with Crippen LogP contribution in [0.25, 0.3) is 0 Å². The second-order valence-corrected chi connectivity index (χ2v) is 12.9. The molecule has 2 atom stereocenters. The summed E-state index contributed by atoms with van der Waals surface area (Å²) in [6.45, 7) is 13.5. The number of amides is 3. The smallest absolute Gasteiger partial charge is 0.408 e. The van der Waals surface area contributed by atoms with Gasteiger partial charge in [0.15, 0.2) is 0 Å². The third kappa shape index (κ3) is 13.7. The lowest BCUT2D eigenvalue weighted by Gasteiger charge is -2.36. The molecule has 0 aromatic heterocycles. The number of esters is 1. The van der Waals surface area contributed by atoms with E-state index in [2.05, 4.69) is 17.6 Å². The highest BCUT2D eigenvalue weighted by molar-refractivity contribution is 5.93. The minimum atomic E-state index is -1.08. The van der Waals surface area contributed by atoms with Crippen molar-refractivity contribution in [2.75, 3.05) is 19.7 Å². The van der Waals surface area contributed by atoms with Crippen LogP contribution in [-0.4, -0.2) is 65.2 Å². The molecule has 10 nitrogen and oxygen atoms in total. The Morgan fingerprint density at radius 1 is 0.894 bits per heavy atom. The molecular formula is C37H55N3O7. The fourth-order valence-electron chi connectivity index (χ4n) is 5.45. The Kier molecular flexibility index (Phi) is 16.3. The number of aryl methyl sites for hydroxylation is 2. The van der Waals surface area contributed by atoms with Crippen molar-refractivity contribution in [2.24, 2.45) is 0 Å². The van der Waals surface area contributed by atoms with E-state index in [4.69, 9.17) is 9.47 Å². The Morgan fingerprint density at radius 3 is 2.11 bits per heavy atom. The average molecular weight is 654 g/mol. The number of alkyl carbamates (subject to hydrolysis) is 1. The molecule has 47 heavy (non-hydrogen) atoms. The molecule has 0 radical (unpaired) electrons. The lowest BCUT2D eigenvalue weighted by atomic mass is 9.93. The summed E-state index contributed by atoms with van der Waals surface area (Å²) < 4.78 is 10.6. The number of unbranched alkanes of at least 4 members (excludes halogenated alkanes) is 5. The van der Waals surface area contributed by atoms with Gasteiger partial charge in [-0.1, -0.05) is 69.4 Å². The van der Waals surface area contributed by atoms with E-state index in [9.17, 15) is 24.3 Å². The summed E-state index contributed by atoms with van der Waals surface area (Å²) in [6, 6.07) is 10.0. The van der Waals surface area contributed by atoms with Crippen molar-refractivity contribution < 1.29 is 33.8 Å². The first-order valence-corrected chi connectivity index (χ1v) is 16.8. The largest absolute Gasteiger partial charge is 0.508 e. The Hall–Kier alpha value is -4.08. The number of ether oxygens (including phenoxy) is 2. The standard InChI is InChI=1S/C37H55N3O7/c1-8-10-11-12-13-14-24-40(33(32-26(3)16-15-17-27(32)4)34(43)38-23-22-31(42)46-9-2)35(44)30(39-36(45)47-37(5,6)7)25-28-18-20-29(41)21-19-28/h15-21,30,33,41H,8-14,22-25H2,1-7H3,(H,38,43)(H,39,45). The maximum Gasteiger partial charge on any atom is 0.408 e. The first-order valence-electron chi connectivity index (χ1n) is 16.8. The molecule has 3 N–H and O–H groups in total. The summed E-state index contributed by atoms with van der Waals surface area (Å²) in [4.78, 5) is 55.6. The molecule has 0 saturated carbocycles. The van der Waals surface area contributed by atoms with Gasteiger partial charge >= 0.3 is 12.1 Å². The van der Waals surface area contributed by atoms with E-state index in [1.54, 1.807) is 44.7 Å². The zero-order chi connectivity index (χ0) is 35.0. The van der Waals surface area contributed by atoms with E-state index in [-0.39, 0.29) is 38.3 Å². The van der Waals surface area contributed by atoms with E-state index in [1.165, 1.54) is 12.1 Å². The monoisotopic (exact) mass is 653 g/mol. The van der Waals surface area contributed by atoms with Crippen LogP contribution in [0.3, 0.4) is 0 Å². The minimum Gasteiger partial charge on any atom is -0.508 e. The van der Waals surface area contributed by atoms with Gasteiger partial charge in [0, 0.05) is 19.5 Å². The molecule has 0 saturated heterocycles. The van der Waals surface area contributed by atoms with Gasteiger partial charge in [0.1, 0.15) is 23.4 Å². The number of rotatable bonds is 18. The molecule has 260 valence electrons. The minimum absolute atomic E-state index is 0.00585. The van der Waals surface area contributed by atoms with Gasteiger partial charge in [-0.05, 0) is 82.3 Å². The number of hydrogen-bond donors (Lipinski definition) is 3. The van der Waals surface area contributed by atoms with Gasteiger partial charge in [-0.15, -0.1) is 0 Å².